The lowest BCUT2D eigenvalue weighted by molar-refractivity contribution is -0.121. The summed E-state index contributed by atoms with van der Waals surface area (Å²) < 4.78 is 0. The van der Waals surface area contributed by atoms with E-state index in [0.717, 1.165) is 17.7 Å². The first-order valence-electron chi connectivity index (χ1n) is 6.67. The van der Waals surface area contributed by atoms with Crippen molar-refractivity contribution in [1.29, 1.82) is 0 Å². The lowest BCUT2D eigenvalue weighted by Crippen LogP contribution is -2.51. The van der Waals surface area contributed by atoms with Gasteiger partial charge in [0.2, 0.25) is 5.91 Å². The van der Waals surface area contributed by atoms with Gasteiger partial charge in [-0.05, 0) is 31.4 Å². The molecule has 4 heteroatoms. The molecule has 0 aromatic heterocycles. The standard InChI is InChI=1S/C15H23NO2S/c1-4-15(5-2,11-17)16-14(18)10-19-13-9-7-6-8-12(13)3/h6-9,17H,4-5,10-11H2,1-3H3,(H,16,18). The Kier molecular flexibility index (Phi) is 6.38. The van der Waals surface area contributed by atoms with E-state index in [1.54, 1.807) is 0 Å². The van der Waals surface area contributed by atoms with E-state index >= 15 is 0 Å². The largest absolute Gasteiger partial charge is 0.394 e. The van der Waals surface area contributed by atoms with Crippen LogP contribution in [-0.4, -0.2) is 28.9 Å². The van der Waals surface area contributed by atoms with Crippen LogP contribution in [0.1, 0.15) is 32.3 Å². The van der Waals surface area contributed by atoms with Gasteiger partial charge in [0.15, 0.2) is 0 Å². The van der Waals surface area contributed by atoms with Gasteiger partial charge in [0.05, 0.1) is 17.9 Å². The number of carbonyl (C=O) groups is 1. The molecule has 0 aliphatic rings. The number of hydrogen-bond acceptors (Lipinski definition) is 3. The second kappa shape index (κ2) is 7.56. The van der Waals surface area contributed by atoms with Crippen molar-refractivity contribution in [3.8, 4) is 0 Å². The third-order valence-corrected chi connectivity index (χ3v) is 4.69. The van der Waals surface area contributed by atoms with Crippen molar-refractivity contribution < 1.29 is 9.90 Å². The number of aryl methyl sites for hydroxylation is 1. The number of amides is 1. The van der Waals surface area contributed by atoms with Crippen LogP contribution < -0.4 is 5.32 Å². The molecule has 0 bridgehead atoms. The molecular formula is C15H23NO2S. The predicted octanol–water partition coefficient (Wildman–Crippen LogP) is 2.75. The number of carbonyl (C=O) groups excluding carboxylic acids is 1. The van der Waals surface area contributed by atoms with Crippen LogP contribution in [0, 0.1) is 6.92 Å². The summed E-state index contributed by atoms with van der Waals surface area (Å²) in [7, 11) is 0. The number of aliphatic hydroxyl groups excluding tert-OH is 1. The number of thioether (sulfide) groups is 1. The first kappa shape index (κ1) is 16.1. The van der Waals surface area contributed by atoms with E-state index in [1.165, 1.54) is 17.3 Å². The Labute approximate surface area is 119 Å². The molecule has 0 aliphatic heterocycles. The molecule has 1 aromatic rings. The van der Waals surface area contributed by atoms with Crippen LogP contribution in [0.25, 0.3) is 0 Å². The average Bonchev–Trinajstić information content (AvgIpc) is 2.44. The van der Waals surface area contributed by atoms with Gasteiger partial charge in [-0.15, -0.1) is 11.8 Å². The van der Waals surface area contributed by atoms with Crippen LogP contribution in [0.5, 0.6) is 0 Å². The third kappa shape index (κ3) is 4.55. The zero-order chi connectivity index (χ0) is 14.3. The molecule has 1 amide bonds. The first-order valence-corrected chi connectivity index (χ1v) is 7.65. The fourth-order valence-corrected chi connectivity index (χ4v) is 2.71. The summed E-state index contributed by atoms with van der Waals surface area (Å²) >= 11 is 1.53. The molecule has 0 unspecified atom stereocenters. The zero-order valence-corrected chi connectivity index (χ0v) is 12.7. The van der Waals surface area contributed by atoms with Crippen LogP contribution in [0.15, 0.2) is 29.2 Å². The molecule has 1 rings (SSSR count). The van der Waals surface area contributed by atoms with Crippen LogP contribution in [0.2, 0.25) is 0 Å². The summed E-state index contributed by atoms with van der Waals surface area (Å²) in [6.45, 7) is 5.99. The highest BCUT2D eigenvalue weighted by atomic mass is 32.2. The van der Waals surface area contributed by atoms with Crippen LogP contribution in [0.3, 0.4) is 0 Å². The molecule has 0 saturated carbocycles. The average molecular weight is 281 g/mol. The van der Waals surface area contributed by atoms with Crippen LogP contribution in [-0.2, 0) is 4.79 Å². The summed E-state index contributed by atoms with van der Waals surface area (Å²) in [4.78, 5) is 13.1. The Hall–Kier alpha value is -1.00. The Bertz CT molecular complexity index is 408. The van der Waals surface area contributed by atoms with Gasteiger partial charge in [-0.1, -0.05) is 32.0 Å². The summed E-state index contributed by atoms with van der Waals surface area (Å²) in [6, 6.07) is 8.02. The topological polar surface area (TPSA) is 49.3 Å². The van der Waals surface area contributed by atoms with E-state index in [4.69, 9.17) is 0 Å². The van der Waals surface area contributed by atoms with Gasteiger partial charge in [0.1, 0.15) is 0 Å². The molecule has 3 nitrogen and oxygen atoms in total. The minimum atomic E-state index is -0.469. The number of benzene rings is 1. The van der Waals surface area contributed by atoms with Crippen molar-refractivity contribution in [2.75, 3.05) is 12.4 Å². The maximum absolute atomic E-state index is 12.0. The Morgan fingerprint density at radius 3 is 2.47 bits per heavy atom. The summed E-state index contributed by atoms with van der Waals surface area (Å²) in [5.74, 6) is 0.359. The highest BCUT2D eigenvalue weighted by Gasteiger charge is 2.26. The molecule has 0 fully saturated rings. The molecule has 0 spiro atoms. The summed E-state index contributed by atoms with van der Waals surface area (Å²) in [5, 5.41) is 12.4. The van der Waals surface area contributed by atoms with Gasteiger partial charge in [-0.2, -0.15) is 0 Å². The molecular weight excluding hydrogens is 258 g/mol. The molecule has 1 aromatic carbocycles. The van der Waals surface area contributed by atoms with Gasteiger partial charge in [-0.3, -0.25) is 4.79 Å². The monoisotopic (exact) mass is 281 g/mol. The van der Waals surface area contributed by atoms with Crippen molar-refractivity contribution in [3.63, 3.8) is 0 Å². The minimum Gasteiger partial charge on any atom is -0.394 e. The Morgan fingerprint density at radius 1 is 1.32 bits per heavy atom. The number of rotatable bonds is 7. The van der Waals surface area contributed by atoms with Crippen molar-refractivity contribution in [2.45, 2.75) is 44.0 Å². The van der Waals surface area contributed by atoms with E-state index in [0.29, 0.717) is 5.75 Å². The second-order valence-corrected chi connectivity index (χ2v) is 5.77. The Morgan fingerprint density at radius 2 is 1.95 bits per heavy atom. The Balaban J connectivity index is 2.54. The smallest absolute Gasteiger partial charge is 0.230 e. The fourth-order valence-electron chi connectivity index (χ4n) is 1.88. The number of nitrogens with one attached hydrogen (secondary N) is 1. The van der Waals surface area contributed by atoms with E-state index in [1.807, 2.05) is 45.0 Å². The lowest BCUT2D eigenvalue weighted by atomic mass is 9.94. The fraction of sp³-hybridized carbons (Fsp3) is 0.533. The van der Waals surface area contributed by atoms with Crippen molar-refractivity contribution in [2.24, 2.45) is 0 Å². The van der Waals surface area contributed by atoms with Crippen molar-refractivity contribution in [3.05, 3.63) is 29.8 Å². The third-order valence-electron chi connectivity index (χ3n) is 3.51. The van der Waals surface area contributed by atoms with Crippen LogP contribution in [0.4, 0.5) is 0 Å². The van der Waals surface area contributed by atoms with Gasteiger partial charge in [-0.25, -0.2) is 0 Å². The quantitative estimate of drug-likeness (QED) is 0.756. The summed E-state index contributed by atoms with van der Waals surface area (Å²) in [6.07, 6.45) is 1.47. The highest BCUT2D eigenvalue weighted by molar-refractivity contribution is 8.00. The van der Waals surface area contributed by atoms with Crippen molar-refractivity contribution >= 4 is 17.7 Å². The molecule has 0 heterocycles. The maximum atomic E-state index is 12.0. The van der Waals surface area contributed by atoms with E-state index in [9.17, 15) is 9.90 Å². The molecule has 0 atom stereocenters. The molecule has 106 valence electrons. The van der Waals surface area contributed by atoms with Gasteiger partial charge < -0.3 is 10.4 Å². The first-order chi connectivity index (χ1) is 9.06. The zero-order valence-electron chi connectivity index (χ0n) is 11.9. The maximum Gasteiger partial charge on any atom is 0.230 e. The van der Waals surface area contributed by atoms with Crippen LogP contribution >= 0.6 is 11.8 Å². The highest BCUT2D eigenvalue weighted by Crippen LogP contribution is 2.22. The predicted molar refractivity (Wildman–Crippen MR) is 80.4 cm³/mol. The van der Waals surface area contributed by atoms with E-state index < -0.39 is 5.54 Å². The van der Waals surface area contributed by atoms with E-state index in [-0.39, 0.29) is 12.5 Å². The molecule has 19 heavy (non-hydrogen) atoms. The van der Waals surface area contributed by atoms with Crippen molar-refractivity contribution in [1.82, 2.24) is 5.32 Å². The SMILES string of the molecule is CCC(CC)(CO)NC(=O)CSc1ccccc1C. The second-order valence-electron chi connectivity index (χ2n) is 4.75. The molecule has 0 aliphatic carbocycles. The minimum absolute atomic E-state index is 0.0131. The number of hydrogen-bond donors (Lipinski definition) is 2. The molecule has 0 radical (unpaired) electrons. The lowest BCUT2D eigenvalue weighted by Gasteiger charge is -2.30. The van der Waals surface area contributed by atoms with Gasteiger partial charge in [0, 0.05) is 4.90 Å². The van der Waals surface area contributed by atoms with Gasteiger partial charge in [0.25, 0.3) is 0 Å². The van der Waals surface area contributed by atoms with E-state index in [2.05, 4.69) is 5.32 Å². The summed E-state index contributed by atoms with van der Waals surface area (Å²) in [5.41, 5.74) is 0.711. The normalized spacial score (nSPS) is 11.4. The van der Waals surface area contributed by atoms with Gasteiger partial charge >= 0.3 is 0 Å². The molecule has 0 saturated heterocycles. The number of aliphatic hydroxyl groups is 1. The molecule has 2 N–H and O–H groups in total.